The summed E-state index contributed by atoms with van der Waals surface area (Å²) < 4.78 is 1.28. The maximum absolute atomic E-state index is 2.27. The second kappa shape index (κ2) is 11.0. The number of quaternary nitrogens is 1. The van der Waals surface area contributed by atoms with Crippen LogP contribution in [-0.2, 0) is 8.07 Å². The molecule has 12 heavy (non-hydrogen) atoms. The average Bonchev–Trinajstić information content (AvgIpc) is 2.11. The Kier molecular flexibility index (Phi) is 15.0. The Morgan fingerprint density at radius 2 is 1.00 bits per heavy atom. The van der Waals surface area contributed by atoms with Crippen molar-refractivity contribution < 1.29 is 12.6 Å². The molecule has 0 heterocycles. The van der Waals surface area contributed by atoms with Crippen LogP contribution < -0.4 is 0 Å². The van der Waals surface area contributed by atoms with Crippen molar-refractivity contribution in [2.75, 3.05) is 26.2 Å². The third-order valence-electron chi connectivity index (χ3n) is 2.68. The number of hydrogen-bond acceptors (Lipinski definition) is 0. The van der Waals surface area contributed by atoms with E-state index in [0.717, 1.165) is 0 Å². The van der Waals surface area contributed by atoms with E-state index in [1.165, 1.54) is 30.7 Å². The summed E-state index contributed by atoms with van der Waals surface area (Å²) in [4.78, 5) is 0. The van der Waals surface area contributed by atoms with Gasteiger partial charge in [-0.25, -0.2) is 0 Å². The maximum atomic E-state index is 2.27. The average molecular weight is 443 g/mol. The first-order chi connectivity index (χ1) is 5.66. The van der Waals surface area contributed by atoms with Gasteiger partial charge in [0, 0.05) is 0 Å². The van der Waals surface area contributed by atoms with Crippen molar-refractivity contribution in [2.24, 2.45) is 0 Å². The van der Waals surface area contributed by atoms with Crippen molar-refractivity contribution >= 4 is 41.0 Å². The number of halogens is 2. The molecule has 0 fully saturated rings. The molecule has 0 atom stereocenters. The van der Waals surface area contributed by atoms with E-state index >= 15 is 0 Å². The molecule has 0 aliphatic heterocycles. The third kappa shape index (κ3) is 7.33. The molecule has 80 valence electrons. The van der Waals surface area contributed by atoms with Crippen LogP contribution in [0.25, 0.3) is 0 Å². The first-order valence-corrected chi connectivity index (χ1v) is 10.7. The van der Waals surface area contributed by atoms with E-state index in [-0.39, 0.29) is 0 Å². The molecule has 0 rings (SSSR count). The summed E-state index contributed by atoms with van der Waals surface area (Å²) in [6.45, 7) is 14.2. The zero-order chi connectivity index (χ0) is 10.0. The van der Waals surface area contributed by atoms with E-state index in [1.807, 2.05) is 0 Å². The molecule has 0 aliphatic carbocycles. The summed E-state index contributed by atoms with van der Waals surface area (Å²) >= 11 is 4.43. The van der Waals surface area contributed by atoms with Crippen LogP contribution >= 0.6 is 41.0 Å². The Morgan fingerprint density at radius 1 is 0.833 bits per heavy atom. The van der Waals surface area contributed by atoms with Crippen LogP contribution in [-0.4, -0.2) is 30.7 Å². The van der Waals surface area contributed by atoms with Crippen LogP contribution in [0.15, 0.2) is 0 Å². The molecule has 0 N–H and O–H groups in total. The molecule has 0 bridgehead atoms. The Morgan fingerprint density at radius 3 is 1.00 bits per heavy atom. The van der Waals surface area contributed by atoms with Crippen LogP contribution in [0, 0.1) is 0 Å². The van der Waals surface area contributed by atoms with E-state index in [1.54, 1.807) is 8.07 Å². The van der Waals surface area contributed by atoms with Crippen LogP contribution in [0.5, 0.6) is 0 Å². The topological polar surface area (TPSA) is 0 Å². The van der Waals surface area contributed by atoms with Gasteiger partial charge in [-0.05, 0) is 27.7 Å². The molecule has 0 saturated heterocycles. The fourth-order valence-electron chi connectivity index (χ4n) is 1.34. The Hall–Kier alpha value is 1.91. The molecule has 0 radical (unpaired) electrons. The molecule has 0 unspecified atom stereocenters. The first kappa shape index (κ1) is 16.3. The molecule has 1 nitrogen and oxygen atoms in total. The Bertz CT molecular complexity index is 69.6. The van der Waals surface area contributed by atoms with Gasteiger partial charge in [0.05, 0.1) is 26.2 Å². The zero-order valence-electron chi connectivity index (χ0n) is 8.35. The van der Waals surface area contributed by atoms with Gasteiger partial charge in [-0.2, -0.15) is 0 Å². The third-order valence-corrected chi connectivity index (χ3v) is 2.68. The summed E-state index contributed by atoms with van der Waals surface area (Å²) in [5, 5.41) is 0. The summed E-state index contributed by atoms with van der Waals surface area (Å²) in [5.74, 6) is 0. The SMILES string of the molecule is CC[N+](CC)(CC)CC.[I][Ni][I]. The molecular weight excluding hydrogens is 423 g/mol. The molecule has 0 aliphatic rings. The molecular formula is C8H20I2NNi+. The van der Waals surface area contributed by atoms with Crippen LogP contribution in [0.1, 0.15) is 27.7 Å². The quantitative estimate of drug-likeness (QED) is 0.354. The first-order valence-electron chi connectivity index (χ1n) is 4.33. The number of rotatable bonds is 4. The van der Waals surface area contributed by atoms with Crippen molar-refractivity contribution in [2.45, 2.75) is 27.7 Å². The van der Waals surface area contributed by atoms with Gasteiger partial charge in [-0.1, -0.05) is 0 Å². The predicted octanol–water partition coefficient (Wildman–Crippen LogP) is 3.65. The van der Waals surface area contributed by atoms with Gasteiger partial charge in [0.15, 0.2) is 0 Å². The van der Waals surface area contributed by atoms with Crippen LogP contribution in [0.2, 0.25) is 0 Å². The fourth-order valence-corrected chi connectivity index (χ4v) is 1.34. The number of hydrogen-bond donors (Lipinski definition) is 0. The second-order valence-corrected chi connectivity index (χ2v) is 11.0. The summed E-state index contributed by atoms with van der Waals surface area (Å²) in [7, 11) is 1.56. The van der Waals surface area contributed by atoms with Crippen LogP contribution in [0.3, 0.4) is 0 Å². The van der Waals surface area contributed by atoms with E-state index in [4.69, 9.17) is 0 Å². The van der Waals surface area contributed by atoms with Crippen molar-refractivity contribution in [1.29, 1.82) is 0 Å². The molecule has 0 aromatic heterocycles. The number of nitrogens with zero attached hydrogens (tertiary/aromatic N) is 1. The molecule has 0 aromatic carbocycles. The molecule has 0 amide bonds. The minimum absolute atomic E-state index is 1.28. The van der Waals surface area contributed by atoms with Crippen molar-refractivity contribution in [3.8, 4) is 0 Å². The summed E-state index contributed by atoms with van der Waals surface area (Å²) in [6.07, 6.45) is 0. The fraction of sp³-hybridized carbons (Fsp3) is 1.00. The standard InChI is InChI=1S/C8H20N.2HI.Ni/c1-5-9(6-2,7-3)8-4;;;/h5-8H2,1-4H3;2*1H;/q+1;;;+2/p-2. The van der Waals surface area contributed by atoms with Crippen LogP contribution in [0.4, 0.5) is 0 Å². The van der Waals surface area contributed by atoms with E-state index in [2.05, 4.69) is 68.7 Å². The van der Waals surface area contributed by atoms with Gasteiger partial charge in [0.2, 0.25) is 0 Å². The minimum atomic E-state index is 1.28. The van der Waals surface area contributed by atoms with Crippen molar-refractivity contribution in [3.63, 3.8) is 0 Å². The monoisotopic (exact) mass is 442 g/mol. The van der Waals surface area contributed by atoms with E-state index < -0.39 is 0 Å². The van der Waals surface area contributed by atoms with Crippen molar-refractivity contribution in [1.82, 2.24) is 0 Å². The normalized spacial score (nSPS) is 10.8. The van der Waals surface area contributed by atoms with E-state index in [9.17, 15) is 0 Å². The van der Waals surface area contributed by atoms with Gasteiger partial charge < -0.3 is 4.48 Å². The Balaban J connectivity index is 0. The van der Waals surface area contributed by atoms with Gasteiger partial charge in [0.25, 0.3) is 0 Å². The second-order valence-electron chi connectivity index (χ2n) is 2.65. The van der Waals surface area contributed by atoms with Crippen molar-refractivity contribution in [3.05, 3.63) is 0 Å². The summed E-state index contributed by atoms with van der Waals surface area (Å²) in [6, 6.07) is 0. The van der Waals surface area contributed by atoms with Gasteiger partial charge in [-0.3, -0.25) is 0 Å². The van der Waals surface area contributed by atoms with E-state index in [0.29, 0.717) is 0 Å². The molecule has 0 spiro atoms. The summed E-state index contributed by atoms with van der Waals surface area (Å²) in [5.41, 5.74) is 0. The molecule has 0 aromatic rings. The van der Waals surface area contributed by atoms with Gasteiger partial charge >= 0.3 is 49.0 Å². The molecule has 4 heteroatoms. The van der Waals surface area contributed by atoms with Gasteiger partial charge in [-0.15, -0.1) is 0 Å². The zero-order valence-corrected chi connectivity index (χ0v) is 13.7. The Labute approximate surface area is 106 Å². The predicted molar refractivity (Wildman–Crippen MR) is 70.5 cm³/mol. The molecule has 0 saturated carbocycles. The van der Waals surface area contributed by atoms with Gasteiger partial charge in [0.1, 0.15) is 0 Å².